The standard InChI is InChI=1S/C31H32N6O3S2/c1-5-21-13-9-10-16-34(21)27-23(28(38)35-17-11-12-19(2)26(35)32-27)18-24-29(39)36(31(41)42-24)25-20(3)33(4)37(30(25)40)22-14-7-6-8-15-22/h6-8,11-12,14-15,17-18,21H,5,9-10,13,16H2,1-4H3. The molecule has 4 aromatic rings. The molecule has 0 bridgehead atoms. The smallest absolute Gasteiger partial charge is 0.296 e. The molecule has 1 unspecified atom stereocenters. The summed E-state index contributed by atoms with van der Waals surface area (Å²) in [5.41, 5.74) is 2.75. The van der Waals surface area contributed by atoms with Crippen LogP contribution in [0, 0.1) is 13.8 Å². The van der Waals surface area contributed by atoms with Crippen LogP contribution in [0.15, 0.2) is 63.2 Å². The van der Waals surface area contributed by atoms with E-state index in [0.29, 0.717) is 28.4 Å². The molecule has 0 spiro atoms. The van der Waals surface area contributed by atoms with Crippen LogP contribution >= 0.6 is 24.0 Å². The number of aromatic nitrogens is 4. The third kappa shape index (κ3) is 4.51. The van der Waals surface area contributed by atoms with Gasteiger partial charge in [-0.3, -0.25) is 28.4 Å². The predicted octanol–water partition coefficient (Wildman–Crippen LogP) is 4.98. The lowest BCUT2D eigenvalue weighted by Gasteiger charge is -2.37. The van der Waals surface area contributed by atoms with Crippen molar-refractivity contribution in [3.8, 4) is 5.69 Å². The normalized spacial score (nSPS) is 18.6. The molecule has 5 heterocycles. The number of benzene rings is 1. The second-order valence-electron chi connectivity index (χ2n) is 10.7. The number of carbonyl (C=O) groups excluding carboxylic acids is 1. The van der Waals surface area contributed by atoms with Crippen LogP contribution in [0.3, 0.4) is 0 Å². The fourth-order valence-electron chi connectivity index (χ4n) is 5.95. The zero-order valence-electron chi connectivity index (χ0n) is 24.0. The third-order valence-corrected chi connectivity index (χ3v) is 9.55. The number of rotatable bonds is 5. The summed E-state index contributed by atoms with van der Waals surface area (Å²) in [7, 11) is 1.78. The van der Waals surface area contributed by atoms with Gasteiger partial charge >= 0.3 is 0 Å². The first-order valence-electron chi connectivity index (χ1n) is 14.1. The Morgan fingerprint density at radius 1 is 1.05 bits per heavy atom. The van der Waals surface area contributed by atoms with Gasteiger partial charge in [-0.25, -0.2) is 9.67 Å². The molecule has 0 aliphatic carbocycles. The molecular weight excluding hydrogens is 569 g/mol. The van der Waals surface area contributed by atoms with Gasteiger partial charge in [0.15, 0.2) is 4.32 Å². The quantitative estimate of drug-likeness (QED) is 0.236. The number of amides is 1. The van der Waals surface area contributed by atoms with Crippen LogP contribution in [-0.2, 0) is 11.8 Å². The van der Waals surface area contributed by atoms with Crippen LogP contribution < -0.4 is 20.9 Å². The molecule has 1 atom stereocenters. The van der Waals surface area contributed by atoms with Crippen molar-refractivity contribution in [2.75, 3.05) is 16.3 Å². The van der Waals surface area contributed by atoms with E-state index in [0.717, 1.165) is 49.6 Å². The fourth-order valence-corrected chi connectivity index (χ4v) is 7.21. The number of thiocarbonyl (C=S) groups is 1. The largest absolute Gasteiger partial charge is 0.353 e. The number of aryl methyl sites for hydroxylation is 1. The number of para-hydroxylation sites is 1. The summed E-state index contributed by atoms with van der Waals surface area (Å²) in [6.07, 6.45) is 7.41. The van der Waals surface area contributed by atoms with E-state index < -0.39 is 5.91 Å². The number of piperidine rings is 1. The van der Waals surface area contributed by atoms with E-state index in [1.54, 1.807) is 30.9 Å². The Hall–Kier alpha value is -3.96. The van der Waals surface area contributed by atoms with E-state index in [1.165, 1.54) is 14.0 Å². The molecule has 2 fully saturated rings. The monoisotopic (exact) mass is 600 g/mol. The Kier molecular flexibility index (Phi) is 7.40. The number of pyridine rings is 1. The maximum absolute atomic E-state index is 14.0. The highest BCUT2D eigenvalue weighted by Gasteiger charge is 2.38. The second-order valence-corrected chi connectivity index (χ2v) is 12.4. The maximum atomic E-state index is 14.0. The van der Waals surface area contributed by atoms with E-state index in [4.69, 9.17) is 17.2 Å². The molecule has 3 aromatic heterocycles. The van der Waals surface area contributed by atoms with Gasteiger partial charge in [-0.15, -0.1) is 0 Å². The van der Waals surface area contributed by atoms with Crippen molar-refractivity contribution in [3.05, 3.63) is 91.1 Å². The van der Waals surface area contributed by atoms with Crippen molar-refractivity contribution >= 4 is 57.4 Å². The number of hydrogen-bond donors (Lipinski definition) is 0. The highest BCUT2D eigenvalue weighted by Crippen LogP contribution is 2.37. The fraction of sp³-hybridized carbons (Fsp3) is 0.323. The molecular formula is C31H32N6O3S2. The van der Waals surface area contributed by atoms with Gasteiger partial charge in [-0.2, -0.15) is 0 Å². The van der Waals surface area contributed by atoms with Crippen molar-refractivity contribution < 1.29 is 4.79 Å². The van der Waals surface area contributed by atoms with E-state index in [1.807, 2.05) is 49.4 Å². The number of anilines is 2. The molecule has 0 saturated carbocycles. The Labute approximate surface area is 253 Å². The van der Waals surface area contributed by atoms with Crippen molar-refractivity contribution in [1.82, 2.24) is 18.7 Å². The zero-order valence-corrected chi connectivity index (χ0v) is 25.7. The van der Waals surface area contributed by atoms with Gasteiger partial charge in [0, 0.05) is 25.8 Å². The molecule has 2 aliphatic rings. The highest BCUT2D eigenvalue weighted by atomic mass is 32.2. The van der Waals surface area contributed by atoms with Crippen molar-refractivity contribution in [2.24, 2.45) is 7.05 Å². The van der Waals surface area contributed by atoms with Gasteiger partial charge in [-0.05, 0) is 69.4 Å². The van der Waals surface area contributed by atoms with Gasteiger partial charge < -0.3 is 4.90 Å². The lowest BCUT2D eigenvalue weighted by Crippen LogP contribution is -2.41. The lowest BCUT2D eigenvalue weighted by atomic mass is 9.99. The van der Waals surface area contributed by atoms with Crippen LogP contribution in [0.4, 0.5) is 11.5 Å². The summed E-state index contributed by atoms with van der Waals surface area (Å²) >= 11 is 6.76. The average Bonchev–Trinajstić information content (AvgIpc) is 3.39. The molecule has 6 rings (SSSR count). The number of fused-ring (bicyclic) bond motifs is 1. The van der Waals surface area contributed by atoms with Gasteiger partial charge in [0.05, 0.1) is 21.8 Å². The van der Waals surface area contributed by atoms with Crippen LogP contribution in [0.2, 0.25) is 0 Å². The Morgan fingerprint density at radius 2 is 1.81 bits per heavy atom. The minimum absolute atomic E-state index is 0.207. The Balaban J connectivity index is 1.49. The van der Waals surface area contributed by atoms with E-state index in [2.05, 4.69) is 11.8 Å². The number of thioether (sulfide) groups is 1. The minimum Gasteiger partial charge on any atom is -0.353 e. The molecule has 216 valence electrons. The first kappa shape index (κ1) is 28.2. The molecule has 9 nitrogen and oxygen atoms in total. The minimum atomic E-state index is -0.429. The van der Waals surface area contributed by atoms with Gasteiger partial charge in [0.1, 0.15) is 17.2 Å². The lowest BCUT2D eigenvalue weighted by molar-refractivity contribution is -0.113. The first-order chi connectivity index (χ1) is 20.2. The highest BCUT2D eigenvalue weighted by molar-refractivity contribution is 8.27. The molecule has 42 heavy (non-hydrogen) atoms. The molecule has 2 aliphatic heterocycles. The van der Waals surface area contributed by atoms with Crippen molar-refractivity contribution in [1.29, 1.82) is 0 Å². The summed E-state index contributed by atoms with van der Waals surface area (Å²) in [5.74, 6) is 0.162. The van der Waals surface area contributed by atoms with E-state index in [-0.39, 0.29) is 32.1 Å². The Bertz CT molecular complexity index is 1890. The van der Waals surface area contributed by atoms with Crippen molar-refractivity contribution in [3.63, 3.8) is 0 Å². The molecule has 0 radical (unpaired) electrons. The number of carbonyl (C=O) groups is 1. The molecule has 0 N–H and O–H groups in total. The topological polar surface area (TPSA) is 84.8 Å². The maximum Gasteiger partial charge on any atom is 0.296 e. The van der Waals surface area contributed by atoms with Crippen LogP contribution in [0.25, 0.3) is 17.4 Å². The summed E-state index contributed by atoms with van der Waals surface area (Å²) in [6, 6.07) is 13.3. The summed E-state index contributed by atoms with van der Waals surface area (Å²) in [6.45, 7) is 6.67. The summed E-state index contributed by atoms with van der Waals surface area (Å²) in [5, 5.41) is 0. The second kappa shape index (κ2) is 11.0. The zero-order chi connectivity index (χ0) is 29.7. The van der Waals surface area contributed by atoms with Gasteiger partial charge in [-0.1, -0.05) is 55.2 Å². The molecule has 11 heteroatoms. The van der Waals surface area contributed by atoms with E-state index >= 15 is 0 Å². The predicted molar refractivity (Wildman–Crippen MR) is 173 cm³/mol. The molecule has 1 amide bonds. The first-order valence-corrected chi connectivity index (χ1v) is 15.4. The molecule has 1 aromatic carbocycles. The van der Waals surface area contributed by atoms with Crippen LogP contribution in [0.1, 0.15) is 49.4 Å². The van der Waals surface area contributed by atoms with Crippen LogP contribution in [0.5, 0.6) is 0 Å². The number of nitrogens with zero attached hydrogens (tertiary/aromatic N) is 6. The molecule has 2 saturated heterocycles. The van der Waals surface area contributed by atoms with Crippen molar-refractivity contribution in [2.45, 2.75) is 52.5 Å². The summed E-state index contributed by atoms with van der Waals surface area (Å²) < 4.78 is 5.02. The van der Waals surface area contributed by atoms with Gasteiger partial charge in [0.25, 0.3) is 17.0 Å². The Morgan fingerprint density at radius 3 is 2.55 bits per heavy atom. The van der Waals surface area contributed by atoms with Gasteiger partial charge in [0.2, 0.25) is 0 Å². The van der Waals surface area contributed by atoms with E-state index in [9.17, 15) is 14.4 Å². The van der Waals surface area contributed by atoms with Crippen LogP contribution in [-0.4, -0.2) is 41.6 Å². The number of hydrogen-bond acceptors (Lipinski definition) is 7. The SMILES string of the molecule is CCC1CCCCN1c1nc2c(C)cccn2c(=O)c1C=C1SC(=S)N(c2c(C)n(C)n(-c3ccccc3)c2=O)C1=O. The third-order valence-electron chi connectivity index (χ3n) is 8.25. The average molecular weight is 601 g/mol. The summed E-state index contributed by atoms with van der Waals surface area (Å²) in [4.78, 5) is 50.5.